The molecule has 0 aliphatic carbocycles. The van der Waals surface area contributed by atoms with Gasteiger partial charge in [0.25, 0.3) is 5.91 Å². The van der Waals surface area contributed by atoms with Crippen molar-refractivity contribution in [2.24, 2.45) is 0 Å². The third-order valence-electron chi connectivity index (χ3n) is 4.39. The number of aromatic amines is 1. The van der Waals surface area contributed by atoms with E-state index in [4.69, 9.17) is 9.47 Å². The molecule has 0 fully saturated rings. The summed E-state index contributed by atoms with van der Waals surface area (Å²) < 4.78 is 12.8. The van der Waals surface area contributed by atoms with Crippen molar-refractivity contribution in [1.29, 1.82) is 0 Å². The summed E-state index contributed by atoms with van der Waals surface area (Å²) in [6.07, 6.45) is 4.05. The smallest absolute Gasteiger partial charge is 0.272 e. The lowest BCUT2D eigenvalue weighted by molar-refractivity contribution is -0.00720. The maximum Gasteiger partial charge on any atom is 0.272 e. The van der Waals surface area contributed by atoms with Crippen LogP contribution in [0.1, 0.15) is 47.5 Å². The van der Waals surface area contributed by atoms with Gasteiger partial charge in [0, 0.05) is 38.5 Å². The Morgan fingerprint density at radius 3 is 3.00 bits per heavy atom. The van der Waals surface area contributed by atoms with Crippen LogP contribution < -0.4 is 0 Å². The molecule has 25 heavy (non-hydrogen) atoms. The van der Waals surface area contributed by atoms with E-state index in [0.717, 1.165) is 17.1 Å². The summed E-state index contributed by atoms with van der Waals surface area (Å²) in [4.78, 5) is 22.0. The van der Waals surface area contributed by atoms with Crippen LogP contribution in [0, 0.1) is 0 Å². The zero-order valence-corrected chi connectivity index (χ0v) is 15.2. The number of imidazole rings is 1. The van der Waals surface area contributed by atoms with Crippen LogP contribution in [0.3, 0.4) is 0 Å². The molecule has 1 N–H and O–H groups in total. The summed E-state index contributed by atoms with van der Waals surface area (Å²) in [6.45, 7) is 5.43. The number of fused-ring (bicyclic) bond motifs is 1. The van der Waals surface area contributed by atoms with Crippen molar-refractivity contribution < 1.29 is 14.3 Å². The van der Waals surface area contributed by atoms with Crippen molar-refractivity contribution in [3.8, 4) is 0 Å². The van der Waals surface area contributed by atoms with Gasteiger partial charge in [0.05, 0.1) is 37.6 Å². The Labute approximate surface area is 147 Å². The molecule has 1 amide bonds. The summed E-state index contributed by atoms with van der Waals surface area (Å²) in [5.41, 5.74) is 2.46. The molecule has 0 bridgehead atoms. The number of H-pyrrole nitrogens is 1. The van der Waals surface area contributed by atoms with Crippen LogP contribution in [0.4, 0.5) is 0 Å². The fourth-order valence-corrected chi connectivity index (χ4v) is 3.23. The van der Waals surface area contributed by atoms with E-state index in [0.29, 0.717) is 31.8 Å². The first-order chi connectivity index (χ1) is 12.0. The van der Waals surface area contributed by atoms with Crippen LogP contribution in [0.5, 0.6) is 0 Å². The van der Waals surface area contributed by atoms with Crippen LogP contribution in [0.15, 0.2) is 12.4 Å². The molecule has 8 heteroatoms. The molecule has 2 atom stereocenters. The van der Waals surface area contributed by atoms with Gasteiger partial charge in [-0.25, -0.2) is 4.98 Å². The number of hydrogen-bond donors (Lipinski definition) is 1. The average Bonchev–Trinajstić information content (AvgIpc) is 3.19. The Balaban J connectivity index is 1.93. The summed E-state index contributed by atoms with van der Waals surface area (Å²) in [6, 6.07) is 0. The molecule has 0 unspecified atom stereocenters. The van der Waals surface area contributed by atoms with Gasteiger partial charge in [0.1, 0.15) is 11.5 Å². The molecule has 0 spiro atoms. The molecule has 2 aromatic heterocycles. The molecule has 0 radical (unpaired) electrons. The zero-order chi connectivity index (χ0) is 18.0. The number of rotatable bonds is 6. The van der Waals surface area contributed by atoms with Gasteiger partial charge in [-0.1, -0.05) is 0 Å². The lowest BCUT2D eigenvalue weighted by Crippen LogP contribution is -2.31. The van der Waals surface area contributed by atoms with Crippen LogP contribution in [0.2, 0.25) is 0 Å². The van der Waals surface area contributed by atoms with E-state index < -0.39 is 0 Å². The van der Waals surface area contributed by atoms with Crippen molar-refractivity contribution >= 4 is 5.91 Å². The van der Waals surface area contributed by atoms with Crippen molar-refractivity contribution in [1.82, 2.24) is 24.6 Å². The van der Waals surface area contributed by atoms with Crippen LogP contribution >= 0.6 is 0 Å². The SMILES string of the molecule is COCCn1nc2c(c1C(=O)N(C)Cc1ncc[nH]1)C[C@H](C)O[C@@H]2C. The molecule has 3 rings (SSSR count). The number of nitrogens with zero attached hydrogens (tertiary/aromatic N) is 4. The first-order valence-electron chi connectivity index (χ1n) is 8.49. The minimum atomic E-state index is -0.121. The number of ether oxygens (including phenoxy) is 2. The quantitative estimate of drug-likeness (QED) is 0.857. The Morgan fingerprint density at radius 1 is 1.52 bits per heavy atom. The molecule has 2 aromatic rings. The third kappa shape index (κ3) is 3.59. The molecular weight excluding hydrogens is 322 g/mol. The van der Waals surface area contributed by atoms with Gasteiger partial charge in [-0.05, 0) is 13.8 Å². The summed E-state index contributed by atoms with van der Waals surface area (Å²) in [7, 11) is 3.42. The van der Waals surface area contributed by atoms with E-state index in [1.54, 1.807) is 36.1 Å². The van der Waals surface area contributed by atoms with Gasteiger partial charge in [-0.3, -0.25) is 9.48 Å². The number of carbonyl (C=O) groups excluding carboxylic acids is 1. The first kappa shape index (κ1) is 17.6. The van der Waals surface area contributed by atoms with Gasteiger partial charge < -0.3 is 19.4 Å². The molecule has 3 heterocycles. The highest BCUT2D eigenvalue weighted by Crippen LogP contribution is 2.32. The predicted molar refractivity (Wildman–Crippen MR) is 91.2 cm³/mol. The number of aromatic nitrogens is 4. The van der Waals surface area contributed by atoms with Crippen LogP contribution in [0.25, 0.3) is 0 Å². The van der Waals surface area contributed by atoms with Gasteiger partial charge in [0.2, 0.25) is 0 Å². The van der Waals surface area contributed by atoms with Gasteiger partial charge >= 0.3 is 0 Å². The fraction of sp³-hybridized carbons (Fsp3) is 0.588. The maximum atomic E-state index is 13.1. The molecule has 0 aromatic carbocycles. The minimum absolute atomic E-state index is 0.0597. The third-order valence-corrected chi connectivity index (χ3v) is 4.39. The second-order valence-corrected chi connectivity index (χ2v) is 6.42. The fourth-order valence-electron chi connectivity index (χ4n) is 3.23. The van der Waals surface area contributed by atoms with E-state index in [9.17, 15) is 4.79 Å². The predicted octanol–water partition coefficient (Wildman–Crippen LogP) is 1.55. The van der Waals surface area contributed by atoms with E-state index in [1.807, 2.05) is 13.8 Å². The largest absolute Gasteiger partial charge is 0.383 e. The minimum Gasteiger partial charge on any atom is -0.383 e. The van der Waals surface area contributed by atoms with Crippen LogP contribution in [-0.4, -0.2) is 57.4 Å². The number of nitrogens with one attached hydrogen (secondary N) is 1. The monoisotopic (exact) mass is 347 g/mol. The van der Waals surface area contributed by atoms with Crippen molar-refractivity contribution in [3.05, 3.63) is 35.2 Å². The van der Waals surface area contributed by atoms with E-state index in [2.05, 4.69) is 15.1 Å². The highest BCUT2D eigenvalue weighted by molar-refractivity contribution is 5.94. The first-order valence-corrected chi connectivity index (χ1v) is 8.49. The standard InChI is InChI=1S/C17H25N5O3/c1-11-9-13-15(12(2)25-11)20-22(7-8-24-4)16(13)17(23)21(3)10-14-18-5-6-19-14/h5-6,11-12H,7-10H2,1-4H3,(H,18,19)/t11-,12+/m0/s1. The topological polar surface area (TPSA) is 85.3 Å². The van der Waals surface area contributed by atoms with Gasteiger partial charge in [-0.2, -0.15) is 5.10 Å². The van der Waals surface area contributed by atoms with Crippen molar-refractivity contribution in [3.63, 3.8) is 0 Å². The highest BCUT2D eigenvalue weighted by atomic mass is 16.5. The maximum absolute atomic E-state index is 13.1. The molecule has 1 aliphatic heterocycles. The summed E-state index contributed by atoms with van der Waals surface area (Å²) >= 11 is 0. The summed E-state index contributed by atoms with van der Waals surface area (Å²) in [5.74, 6) is 0.681. The van der Waals surface area contributed by atoms with Crippen molar-refractivity contribution in [2.45, 2.75) is 45.6 Å². The van der Waals surface area contributed by atoms with Crippen LogP contribution in [-0.2, 0) is 29.0 Å². The molecule has 136 valence electrons. The number of hydrogen-bond acceptors (Lipinski definition) is 5. The number of methoxy groups -OCH3 is 1. The van der Waals surface area contributed by atoms with E-state index in [-0.39, 0.29) is 18.1 Å². The van der Waals surface area contributed by atoms with Crippen molar-refractivity contribution in [2.75, 3.05) is 20.8 Å². The van der Waals surface area contributed by atoms with E-state index >= 15 is 0 Å². The molecule has 8 nitrogen and oxygen atoms in total. The molecule has 1 aliphatic rings. The Bertz CT molecular complexity index is 725. The lowest BCUT2D eigenvalue weighted by atomic mass is 9.99. The Kier molecular flexibility index (Phi) is 5.19. The van der Waals surface area contributed by atoms with Gasteiger partial charge in [-0.15, -0.1) is 0 Å². The summed E-state index contributed by atoms with van der Waals surface area (Å²) in [5, 5.41) is 4.64. The normalized spacial score (nSPS) is 19.7. The van der Waals surface area contributed by atoms with E-state index in [1.165, 1.54) is 0 Å². The molecule has 0 saturated carbocycles. The second kappa shape index (κ2) is 7.37. The number of amides is 1. The second-order valence-electron chi connectivity index (χ2n) is 6.42. The molecule has 0 saturated heterocycles. The molecular formula is C17H25N5O3. The Hall–Kier alpha value is -2.19. The zero-order valence-electron chi connectivity index (χ0n) is 15.2. The Morgan fingerprint density at radius 2 is 2.32 bits per heavy atom. The average molecular weight is 347 g/mol. The lowest BCUT2D eigenvalue weighted by Gasteiger charge is -2.25. The number of carbonyl (C=O) groups is 1. The van der Waals surface area contributed by atoms with Gasteiger partial charge in [0.15, 0.2) is 0 Å². The highest BCUT2D eigenvalue weighted by Gasteiger charge is 2.33.